The van der Waals surface area contributed by atoms with E-state index in [1.54, 1.807) is 6.92 Å². The summed E-state index contributed by atoms with van der Waals surface area (Å²) in [5.74, 6) is 0. The van der Waals surface area contributed by atoms with Gasteiger partial charge < -0.3 is 9.84 Å². The molecule has 10 heteroatoms. The molecule has 0 aromatic heterocycles. The quantitative estimate of drug-likeness (QED) is 0.638. The molecule has 0 radical (unpaired) electrons. The smallest absolute Gasteiger partial charge is 0.386 e. The maximum atomic E-state index is 11.8. The van der Waals surface area contributed by atoms with Crippen molar-refractivity contribution in [3.8, 4) is 0 Å². The van der Waals surface area contributed by atoms with Crippen LogP contribution in [0.15, 0.2) is 0 Å². The molecule has 0 spiro atoms. The molecule has 0 amide bonds. The van der Waals surface area contributed by atoms with E-state index in [-0.39, 0.29) is 13.0 Å². The van der Waals surface area contributed by atoms with Crippen LogP contribution in [0, 0.1) is 0 Å². The molecular formula is C8H15F3N2O4S. The summed E-state index contributed by atoms with van der Waals surface area (Å²) < 4.78 is 66.2. The summed E-state index contributed by atoms with van der Waals surface area (Å²) in [7, 11) is -4.30. The number of rotatable bonds is 5. The van der Waals surface area contributed by atoms with Crippen LogP contribution in [0.4, 0.5) is 13.2 Å². The number of halogens is 3. The van der Waals surface area contributed by atoms with Gasteiger partial charge in [0.2, 0.25) is 0 Å². The molecule has 1 aliphatic heterocycles. The lowest BCUT2D eigenvalue weighted by Crippen LogP contribution is -2.51. The standard InChI is InChI=1S/C8H15F3N2O4S/c1-6-7(14,2-3-17-6)4-12-18(15,16)13-5-8(9,10)11/h6,12-14H,2-5H2,1H3. The minimum atomic E-state index is -4.63. The SMILES string of the molecule is CC1OCCC1(O)CNS(=O)(=O)NCC(F)(F)F. The highest BCUT2D eigenvalue weighted by molar-refractivity contribution is 7.87. The summed E-state index contributed by atoms with van der Waals surface area (Å²) in [6.45, 7) is -0.228. The Morgan fingerprint density at radius 3 is 2.50 bits per heavy atom. The average molecular weight is 292 g/mol. The largest absolute Gasteiger partial charge is 0.402 e. The Morgan fingerprint density at radius 2 is 2.06 bits per heavy atom. The summed E-state index contributed by atoms with van der Waals surface area (Å²) >= 11 is 0. The fraction of sp³-hybridized carbons (Fsp3) is 1.00. The summed E-state index contributed by atoms with van der Waals surface area (Å²) in [6.07, 6.45) is -4.99. The van der Waals surface area contributed by atoms with Gasteiger partial charge in [-0.25, -0.2) is 0 Å². The Bertz CT molecular complexity index is 386. The first-order valence-corrected chi connectivity index (χ1v) is 6.67. The molecule has 18 heavy (non-hydrogen) atoms. The van der Waals surface area contributed by atoms with Gasteiger partial charge in [0.15, 0.2) is 0 Å². The number of hydrogen-bond donors (Lipinski definition) is 3. The second-order valence-corrected chi connectivity index (χ2v) is 5.71. The van der Waals surface area contributed by atoms with Gasteiger partial charge in [-0.15, -0.1) is 0 Å². The molecule has 1 rings (SSSR count). The zero-order chi connectivity index (χ0) is 14.0. The highest BCUT2D eigenvalue weighted by Crippen LogP contribution is 2.24. The third-order valence-electron chi connectivity index (χ3n) is 2.69. The molecule has 2 unspecified atom stereocenters. The second kappa shape index (κ2) is 5.29. The Hall–Kier alpha value is -0.420. The van der Waals surface area contributed by atoms with Crippen LogP contribution in [-0.4, -0.2) is 51.1 Å². The van der Waals surface area contributed by atoms with Crippen LogP contribution in [0.25, 0.3) is 0 Å². The normalized spacial score (nSPS) is 29.7. The van der Waals surface area contributed by atoms with Gasteiger partial charge in [-0.05, 0) is 6.92 Å². The number of hydrogen-bond acceptors (Lipinski definition) is 4. The van der Waals surface area contributed by atoms with Crippen LogP contribution < -0.4 is 9.44 Å². The molecule has 3 N–H and O–H groups in total. The van der Waals surface area contributed by atoms with Gasteiger partial charge in [0, 0.05) is 19.6 Å². The molecule has 0 saturated carbocycles. The zero-order valence-corrected chi connectivity index (χ0v) is 10.4. The molecule has 1 heterocycles. The van der Waals surface area contributed by atoms with Gasteiger partial charge in [0.05, 0.1) is 6.10 Å². The third-order valence-corrected chi connectivity index (χ3v) is 3.74. The lowest BCUT2D eigenvalue weighted by Gasteiger charge is -2.26. The highest BCUT2D eigenvalue weighted by atomic mass is 32.2. The first kappa shape index (κ1) is 15.6. The van der Waals surface area contributed by atoms with Crippen molar-refractivity contribution in [3.63, 3.8) is 0 Å². The molecule has 6 nitrogen and oxygen atoms in total. The van der Waals surface area contributed by atoms with E-state index in [4.69, 9.17) is 4.74 Å². The van der Waals surface area contributed by atoms with Gasteiger partial charge in [0.25, 0.3) is 10.2 Å². The average Bonchev–Trinajstić information content (AvgIpc) is 2.54. The summed E-state index contributed by atoms with van der Waals surface area (Å²) in [6, 6.07) is 0. The van der Waals surface area contributed by atoms with Crippen molar-refractivity contribution in [2.75, 3.05) is 19.7 Å². The van der Waals surface area contributed by atoms with E-state index in [2.05, 4.69) is 0 Å². The van der Waals surface area contributed by atoms with Crippen molar-refractivity contribution in [3.05, 3.63) is 0 Å². The molecule has 2 atom stereocenters. The van der Waals surface area contributed by atoms with Crippen molar-refractivity contribution >= 4 is 10.2 Å². The van der Waals surface area contributed by atoms with E-state index in [1.807, 2.05) is 4.72 Å². The highest BCUT2D eigenvalue weighted by Gasteiger charge is 2.40. The maximum absolute atomic E-state index is 11.8. The Balaban J connectivity index is 2.47. The molecule has 1 fully saturated rings. The molecule has 0 bridgehead atoms. The van der Waals surface area contributed by atoms with Crippen molar-refractivity contribution in [2.24, 2.45) is 0 Å². The van der Waals surface area contributed by atoms with Gasteiger partial charge in [0.1, 0.15) is 12.1 Å². The predicted molar refractivity (Wildman–Crippen MR) is 56.0 cm³/mol. The topological polar surface area (TPSA) is 87.7 Å². The van der Waals surface area contributed by atoms with Crippen LogP contribution in [0.2, 0.25) is 0 Å². The van der Waals surface area contributed by atoms with E-state index in [1.165, 1.54) is 4.72 Å². The summed E-state index contributed by atoms with van der Waals surface area (Å²) in [5.41, 5.74) is -1.40. The van der Waals surface area contributed by atoms with Gasteiger partial charge in [-0.1, -0.05) is 0 Å². The van der Waals surface area contributed by atoms with Crippen molar-refractivity contribution in [2.45, 2.75) is 31.2 Å². The second-order valence-electron chi connectivity index (χ2n) is 4.13. The Kier molecular flexibility index (Phi) is 4.60. The predicted octanol–water partition coefficient (Wildman–Crippen LogP) is -0.487. The van der Waals surface area contributed by atoms with Crippen LogP contribution >= 0.6 is 0 Å². The molecule has 0 aliphatic carbocycles. The van der Waals surface area contributed by atoms with Crippen LogP contribution in [0.5, 0.6) is 0 Å². The zero-order valence-electron chi connectivity index (χ0n) is 9.62. The van der Waals surface area contributed by atoms with Crippen molar-refractivity contribution in [1.29, 1.82) is 0 Å². The number of ether oxygens (including phenoxy) is 1. The minimum Gasteiger partial charge on any atom is -0.386 e. The number of nitrogens with one attached hydrogen (secondary N) is 2. The van der Waals surface area contributed by atoms with Crippen molar-refractivity contribution in [1.82, 2.24) is 9.44 Å². The summed E-state index contributed by atoms with van der Waals surface area (Å²) in [4.78, 5) is 0. The van der Waals surface area contributed by atoms with Crippen molar-refractivity contribution < 1.29 is 31.4 Å². The lowest BCUT2D eigenvalue weighted by atomic mass is 9.97. The fourth-order valence-electron chi connectivity index (χ4n) is 1.45. The van der Waals surface area contributed by atoms with Gasteiger partial charge >= 0.3 is 6.18 Å². The van der Waals surface area contributed by atoms with E-state index in [9.17, 15) is 26.7 Å². The van der Waals surface area contributed by atoms with Crippen LogP contribution in [-0.2, 0) is 14.9 Å². The Labute approximate surface area is 103 Å². The summed E-state index contributed by atoms with van der Waals surface area (Å²) in [5, 5.41) is 9.95. The molecule has 0 aromatic rings. The van der Waals surface area contributed by atoms with E-state index < -0.39 is 41.2 Å². The molecule has 1 saturated heterocycles. The molecule has 1 aliphatic rings. The van der Waals surface area contributed by atoms with Gasteiger partial charge in [-0.3, -0.25) is 0 Å². The maximum Gasteiger partial charge on any atom is 0.402 e. The fourth-order valence-corrected chi connectivity index (χ4v) is 2.35. The van der Waals surface area contributed by atoms with Crippen LogP contribution in [0.1, 0.15) is 13.3 Å². The van der Waals surface area contributed by atoms with E-state index in [0.29, 0.717) is 0 Å². The molecule has 0 aromatic carbocycles. The van der Waals surface area contributed by atoms with Crippen LogP contribution in [0.3, 0.4) is 0 Å². The number of aliphatic hydroxyl groups is 1. The lowest BCUT2D eigenvalue weighted by molar-refractivity contribution is -0.121. The van der Waals surface area contributed by atoms with E-state index >= 15 is 0 Å². The third kappa shape index (κ3) is 4.69. The van der Waals surface area contributed by atoms with E-state index in [0.717, 1.165) is 0 Å². The van der Waals surface area contributed by atoms with Gasteiger partial charge in [-0.2, -0.15) is 31.0 Å². The first-order valence-electron chi connectivity index (χ1n) is 5.19. The minimum absolute atomic E-state index is 0.218. The monoisotopic (exact) mass is 292 g/mol. The number of alkyl halides is 3. The molecular weight excluding hydrogens is 277 g/mol. The first-order chi connectivity index (χ1) is 8.04. The molecule has 108 valence electrons. The Morgan fingerprint density at radius 1 is 1.44 bits per heavy atom.